The maximum atomic E-state index is 5.15. The maximum absolute atomic E-state index is 5.15. The zero-order chi connectivity index (χ0) is 61.0. The Labute approximate surface area is 537 Å². The highest BCUT2D eigenvalue weighted by Crippen LogP contribution is 2.52. The van der Waals surface area contributed by atoms with E-state index in [1.54, 1.807) is 22.7 Å². The van der Waals surface area contributed by atoms with Gasteiger partial charge in [-0.25, -0.2) is 24.9 Å². The van der Waals surface area contributed by atoms with Crippen LogP contribution in [0.3, 0.4) is 0 Å². The van der Waals surface area contributed by atoms with Crippen molar-refractivity contribution in [1.29, 1.82) is 0 Å². The fourth-order valence-electron chi connectivity index (χ4n) is 13.5. The fraction of sp³-hybridized carbons (Fsp3) is 0.0375. The molecule has 0 saturated carbocycles. The Morgan fingerprint density at radius 1 is 0.293 bits per heavy atom. The third-order valence-electron chi connectivity index (χ3n) is 17.9. The second kappa shape index (κ2) is 21.3. The highest BCUT2D eigenvalue weighted by Gasteiger charge is 2.36. The van der Waals surface area contributed by atoms with Crippen molar-refractivity contribution in [3.63, 3.8) is 0 Å². The summed E-state index contributed by atoms with van der Waals surface area (Å²) in [5.41, 5.74) is 24.1. The molecule has 0 atom stereocenters. The second-order valence-electron chi connectivity index (χ2n) is 23.7. The first kappa shape index (κ1) is 53.5. The van der Waals surface area contributed by atoms with Gasteiger partial charge in [0.05, 0.1) is 75.9 Å². The van der Waals surface area contributed by atoms with Gasteiger partial charge in [-0.2, -0.15) is 0 Å². The van der Waals surface area contributed by atoms with E-state index in [1.807, 2.05) is 30.3 Å². The van der Waals surface area contributed by atoms with Crippen molar-refractivity contribution in [3.05, 3.63) is 302 Å². The van der Waals surface area contributed by atoms with Crippen LogP contribution in [0.5, 0.6) is 0 Å². The van der Waals surface area contributed by atoms with E-state index in [9.17, 15) is 0 Å². The molecule has 0 unspecified atom stereocenters. The normalized spacial score (nSPS) is 12.7. The number of thiazole rings is 2. The third kappa shape index (κ3) is 8.70. The van der Waals surface area contributed by atoms with E-state index in [-0.39, 0.29) is 5.41 Å². The molecule has 0 spiro atoms. The Hall–Kier alpha value is -11.6. The molecule has 12 heteroatoms. The standard InChI is InChI=1S/C41H30N4S.C39H24N6S/c1-41(2)31-17-9-11-19-35(31)44(36-20-12-10-18-32(36)41)30-23-21-28(22-24-30)40-43-34-25-37-33(26-38(34)46-40)42-39(27-13-5-3-6-14-27)45(37)29-15-7-4-8-16-29;1-3-11-25(12-4-1)37-40-30-24-36-31(23-35(30)43(37)27-13-5-2-6-14-27)41-38(46-36)26-19-21-28(22-20-26)44-33-17-9-10-18-34(33)45-32-16-8-7-15-29(32)42-39(44)45/h3-26H,1-2H3;1-24H. The third-order valence-corrected chi connectivity index (χ3v) is 20.0. The van der Waals surface area contributed by atoms with Gasteiger partial charge in [0, 0.05) is 50.4 Å². The summed E-state index contributed by atoms with van der Waals surface area (Å²) in [6, 6.07) is 102. The monoisotopic (exact) mass is 1220 g/mol. The Kier molecular flexibility index (Phi) is 12.4. The molecule has 10 nitrogen and oxygen atoms in total. The molecule has 0 aliphatic carbocycles. The lowest BCUT2D eigenvalue weighted by Gasteiger charge is -2.42. The summed E-state index contributed by atoms with van der Waals surface area (Å²) in [7, 11) is 0. The van der Waals surface area contributed by atoms with Gasteiger partial charge in [-0.1, -0.05) is 172 Å². The number of fused-ring (bicyclic) bond motifs is 11. The van der Waals surface area contributed by atoms with Crippen LogP contribution < -0.4 is 4.90 Å². The average Bonchev–Trinajstić information content (AvgIpc) is 0.929. The number of aromatic nitrogens is 9. The van der Waals surface area contributed by atoms with Crippen LogP contribution in [0.15, 0.2) is 291 Å². The van der Waals surface area contributed by atoms with Gasteiger partial charge in [-0.15, -0.1) is 22.7 Å². The molecule has 18 aromatic rings. The Bertz CT molecular complexity index is 5790. The highest BCUT2D eigenvalue weighted by molar-refractivity contribution is 7.22. The predicted molar refractivity (Wildman–Crippen MR) is 380 cm³/mol. The van der Waals surface area contributed by atoms with Crippen molar-refractivity contribution >= 4 is 110 Å². The van der Waals surface area contributed by atoms with Gasteiger partial charge in [-0.05, 0) is 145 Å². The van der Waals surface area contributed by atoms with E-state index in [0.29, 0.717) is 0 Å². The molecule has 0 fully saturated rings. The minimum Gasteiger partial charge on any atom is -0.310 e. The summed E-state index contributed by atoms with van der Waals surface area (Å²) in [5, 5.41) is 1.99. The van der Waals surface area contributed by atoms with E-state index in [2.05, 4.69) is 298 Å². The number of para-hydroxylation sites is 8. The van der Waals surface area contributed by atoms with Crippen LogP contribution in [-0.2, 0) is 5.41 Å². The first-order chi connectivity index (χ1) is 45.4. The molecule has 12 aromatic carbocycles. The molecule has 1 aliphatic rings. The zero-order valence-electron chi connectivity index (χ0n) is 50.0. The molecule has 1 aliphatic heterocycles. The molecule has 436 valence electrons. The molecule has 0 N–H and O–H groups in total. The van der Waals surface area contributed by atoms with Crippen LogP contribution in [0.4, 0.5) is 17.1 Å². The number of imidazole rings is 4. The highest BCUT2D eigenvalue weighted by atomic mass is 32.1. The van der Waals surface area contributed by atoms with E-state index >= 15 is 0 Å². The summed E-state index contributed by atoms with van der Waals surface area (Å²) in [4.78, 5) is 28.0. The van der Waals surface area contributed by atoms with Gasteiger partial charge < -0.3 is 4.90 Å². The van der Waals surface area contributed by atoms with Crippen molar-refractivity contribution in [1.82, 2.24) is 43.0 Å². The summed E-state index contributed by atoms with van der Waals surface area (Å²) >= 11 is 3.42. The number of anilines is 3. The number of nitrogens with zero attached hydrogens (tertiary/aromatic N) is 10. The molecule has 0 bridgehead atoms. The first-order valence-corrected chi connectivity index (χ1v) is 32.4. The summed E-state index contributed by atoms with van der Waals surface area (Å²) in [6.07, 6.45) is 0. The Morgan fingerprint density at radius 2 is 0.707 bits per heavy atom. The van der Waals surface area contributed by atoms with Gasteiger partial charge in [0.25, 0.3) is 0 Å². The van der Waals surface area contributed by atoms with Gasteiger partial charge in [0.1, 0.15) is 21.7 Å². The lowest BCUT2D eigenvalue weighted by atomic mass is 9.73. The summed E-state index contributed by atoms with van der Waals surface area (Å²) < 4.78 is 11.2. The Morgan fingerprint density at radius 3 is 1.22 bits per heavy atom. The molecule has 6 aromatic heterocycles. The van der Waals surface area contributed by atoms with Crippen molar-refractivity contribution in [2.75, 3.05) is 4.90 Å². The van der Waals surface area contributed by atoms with Crippen LogP contribution >= 0.6 is 22.7 Å². The molecule has 0 saturated heterocycles. The van der Waals surface area contributed by atoms with Gasteiger partial charge in [-0.3, -0.25) is 18.1 Å². The molecule has 92 heavy (non-hydrogen) atoms. The summed E-state index contributed by atoms with van der Waals surface area (Å²) in [5.74, 6) is 2.76. The minimum absolute atomic E-state index is 0.0765. The second-order valence-corrected chi connectivity index (χ2v) is 25.8. The topological polar surface area (TPSA) is 86.9 Å². The molecule has 0 radical (unpaired) electrons. The first-order valence-electron chi connectivity index (χ1n) is 30.8. The predicted octanol–water partition coefficient (Wildman–Crippen LogP) is 20.8. The quantitative estimate of drug-likeness (QED) is 0.151. The number of rotatable bonds is 8. The van der Waals surface area contributed by atoms with Gasteiger partial charge >= 0.3 is 0 Å². The number of benzene rings is 12. The van der Waals surface area contributed by atoms with E-state index in [1.165, 1.54) is 22.5 Å². The van der Waals surface area contributed by atoms with Crippen molar-refractivity contribution in [2.45, 2.75) is 19.3 Å². The zero-order valence-corrected chi connectivity index (χ0v) is 51.6. The van der Waals surface area contributed by atoms with Crippen LogP contribution in [-0.4, -0.2) is 43.0 Å². The SMILES string of the molecule is CC1(C)c2ccccc2N(c2ccc(-c3nc4cc5c(cc4s3)nc(-c3ccccc3)n5-c3ccccc3)cc2)c2ccccc21.c1ccc(-c2nc3cc4sc(-c5ccc(-n6c7ccccc7n7c8ccccc8nc67)cc5)nc4cc3n2-c2ccccc2)cc1. The number of hydrogen-bond donors (Lipinski definition) is 0. The van der Waals surface area contributed by atoms with Crippen molar-refractivity contribution in [2.24, 2.45) is 0 Å². The lowest BCUT2D eigenvalue weighted by Crippen LogP contribution is -2.30. The molecular formula is C80H54N10S2. The fourth-order valence-corrected chi connectivity index (χ4v) is 15.5. The van der Waals surface area contributed by atoms with Gasteiger partial charge in [0.2, 0.25) is 5.78 Å². The van der Waals surface area contributed by atoms with Crippen LogP contribution in [0.1, 0.15) is 25.0 Å². The molecule has 0 amide bonds. The van der Waals surface area contributed by atoms with E-state index < -0.39 is 0 Å². The average molecular weight is 1220 g/mol. The smallest absolute Gasteiger partial charge is 0.220 e. The van der Waals surface area contributed by atoms with E-state index in [4.69, 9.17) is 24.9 Å². The minimum atomic E-state index is -0.0765. The number of hydrogen-bond acceptors (Lipinski definition) is 8. The molecular weight excluding hydrogens is 1170 g/mol. The molecule has 19 rings (SSSR count). The van der Waals surface area contributed by atoms with Crippen molar-refractivity contribution < 1.29 is 0 Å². The van der Waals surface area contributed by atoms with Crippen molar-refractivity contribution in [3.8, 4) is 61.0 Å². The summed E-state index contributed by atoms with van der Waals surface area (Å²) in [6.45, 7) is 4.64. The van der Waals surface area contributed by atoms with Crippen LogP contribution in [0.25, 0.3) is 131 Å². The van der Waals surface area contributed by atoms with E-state index in [0.717, 1.165) is 137 Å². The Balaban J connectivity index is 0.000000136. The largest absolute Gasteiger partial charge is 0.310 e. The van der Waals surface area contributed by atoms with Crippen LogP contribution in [0, 0.1) is 0 Å². The van der Waals surface area contributed by atoms with Crippen LogP contribution in [0.2, 0.25) is 0 Å². The maximum Gasteiger partial charge on any atom is 0.220 e. The van der Waals surface area contributed by atoms with Gasteiger partial charge in [0.15, 0.2) is 0 Å². The molecule has 7 heterocycles. The lowest BCUT2D eigenvalue weighted by molar-refractivity contribution is 0.632.